The first-order valence-corrected chi connectivity index (χ1v) is 11.9. The molecule has 0 aromatic heterocycles. The molecule has 10 heteroatoms. The average Bonchev–Trinajstić information content (AvgIpc) is 2.95. The molecule has 186 valence electrons. The SMILES string of the molecule is C[C@H](N)C(=O)N(C(=O)Cc1cc(F)cc(F)c1)[C@@H]1C(=O)Nc2ccccc2S[C@@H]1c1ccccc1F. The number of hydrogen-bond acceptors (Lipinski definition) is 5. The summed E-state index contributed by atoms with van der Waals surface area (Å²) in [5.74, 6) is -4.94. The summed E-state index contributed by atoms with van der Waals surface area (Å²) in [7, 11) is 0. The standard InChI is InChI=1S/C26H22F3N3O3S/c1-14(30)26(35)32(22(33)12-15-10-16(27)13-17(28)11-15)23-24(18-6-2-3-7-19(18)29)36-21-9-5-4-8-20(21)31-25(23)34/h2-11,13-14,23-24H,12,30H2,1H3,(H,31,34)/t14-,23-,24+/m0/s1. The van der Waals surface area contributed by atoms with E-state index in [1.54, 1.807) is 30.3 Å². The van der Waals surface area contributed by atoms with Gasteiger partial charge in [-0.3, -0.25) is 19.3 Å². The van der Waals surface area contributed by atoms with Crippen LogP contribution in [0.15, 0.2) is 71.6 Å². The number of nitrogens with one attached hydrogen (secondary N) is 1. The van der Waals surface area contributed by atoms with Crippen LogP contribution in [0.4, 0.5) is 18.9 Å². The van der Waals surface area contributed by atoms with Crippen LogP contribution in [-0.4, -0.2) is 34.7 Å². The molecular formula is C26H22F3N3O3S. The number of para-hydroxylation sites is 1. The quantitative estimate of drug-likeness (QED) is 0.534. The first-order valence-electron chi connectivity index (χ1n) is 11.0. The zero-order valence-corrected chi connectivity index (χ0v) is 19.9. The van der Waals surface area contributed by atoms with E-state index in [0.29, 0.717) is 21.5 Å². The van der Waals surface area contributed by atoms with Gasteiger partial charge in [0.2, 0.25) is 17.7 Å². The van der Waals surface area contributed by atoms with Crippen LogP contribution in [0.3, 0.4) is 0 Å². The van der Waals surface area contributed by atoms with Crippen molar-refractivity contribution in [2.24, 2.45) is 5.73 Å². The van der Waals surface area contributed by atoms with Crippen LogP contribution in [0, 0.1) is 17.5 Å². The number of nitrogens with zero attached hydrogens (tertiary/aromatic N) is 1. The molecule has 3 aromatic carbocycles. The minimum absolute atomic E-state index is 0.0348. The maximum atomic E-state index is 15.0. The van der Waals surface area contributed by atoms with Crippen molar-refractivity contribution in [1.29, 1.82) is 0 Å². The summed E-state index contributed by atoms with van der Waals surface area (Å²) in [6, 6.07) is 12.4. The van der Waals surface area contributed by atoms with Gasteiger partial charge in [-0.05, 0) is 42.8 Å². The molecule has 0 saturated carbocycles. The number of halogens is 3. The molecule has 6 nitrogen and oxygen atoms in total. The van der Waals surface area contributed by atoms with Gasteiger partial charge in [-0.25, -0.2) is 13.2 Å². The van der Waals surface area contributed by atoms with Gasteiger partial charge in [0.05, 0.1) is 23.4 Å². The summed E-state index contributed by atoms with van der Waals surface area (Å²) < 4.78 is 42.5. The number of carbonyl (C=O) groups is 3. The molecule has 1 heterocycles. The van der Waals surface area contributed by atoms with Gasteiger partial charge in [0.1, 0.15) is 23.5 Å². The smallest absolute Gasteiger partial charge is 0.249 e. The fourth-order valence-electron chi connectivity index (χ4n) is 4.02. The highest BCUT2D eigenvalue weighted by molar-refractivity contribution is 7.99. The van der Waals surface area contributed by atoms with Crippen molar-refractivity contribution in [2.45, 2.75) is 35.6 Å². The summed E-state index contributed by atoms with van der Waals surface area (Å²) >= 11 is 1.11. The number of fused-ring (bicyclic) bond motifs is 1. The van der Waals surface area contributed by atoms with Gasteiger partial charge in [-0.2, -0.15) is 0 Å². The zero-order chi connectivity index (χ0) is 26.0. The van der Waals surface area contributed by atoms with Crippen molar-refractivity contribution in [1.82, 2.24) is 4.90 Å². The van der Waals surface area contributed by atoms with Crippen LogP contribution in [0.1, 0.15) is 23.3 Å². The Bertz CT molecular complexity index is 1310. The molecule has 0 fully saturated rings. The molecule has 3 atom stereocenters. The van der Waals surface area contributed by atoms with E-state index in [1.807, 2.05) is 0 Å². The van der Waals surface area contributed by atoms with Crippen molar-refractivity contribution in [3.8, 4) is 0 Å². The Morgan fingerprint density at radius 2 is 1.67 bits per heavy atom. The van der Waals surface area contributed by atoms with E-state index >= 15 is 4.39 Å². The topological polar surface area (TPSA) is 92.5 Å². The molecule has 3 amide bonds. The first kappa shape index (κ1) is 25.5. The van der Waals surface area contributed by atoms with Gasteiger partial charge < -0.3 is 11.1 Å². The van der Waals surface area contributed by atoms with Gasteiger partial charge in [0, 0.05) is 16.5 Å². The molecule has 0 unspecified atom stereocenters. The first-order chi connectivity index (χ1) is 17.2. The van der Waals surface area contributed by atoms with Crippen LogP contribution in [-0.2, 0) is 20.8 Å². The van der Waals surface area contributed by atoms with Crippen molar-refractivity contribution in [2.75, 3.05) is 5.32 Å². The molecule has 3 aromatic rings. The number of rotatable bonds is 5. The van der Waals surface area contributed by atoms with E-state index in [2.05, 4.69) is 5.32 Å². The lowest BCUT2D eigenvalue weighted by Gasteiger charge is -2.34. The molecule has 4 rings (SSSR count). The summed E-state index contributed by atoms with van der Waals surface area (Å²) in [6.07, 6.45) is -0.585. The van der Waals surface area contributed by atoms with Crippen LogP contribution in [0.25, 0.3) is 0 Å². The molecule has 0 bridgehead atoms. The molecule has 0 spiro atoms. The minimum Gasteiger partial charge on any atom is -0.323 e. The third-order valence-electron chi connectivity index (χ3n) is 5.62. The van der Waals surface area contributed by atoms with Gasteiger partial charge in [0.25, 0.3) is 0 Å². The van der Waals surface area contributed by atoms with Crippen LogP contribution >= 0.6 is 11.8 Å². The van der Waals surface area contributed by atoms with E-state index in [4.69, 9.17) is 5.73 Å². The van der Waals surface area contributed by atoms with E-state index in [0.717, 1.165) is 23.9 Å². The average molecular weight is 514 g/mol. The Hall–Kier alpha value is -3.63. The maximum Gasteiger partial charge on any atom is 0.249 e. The number of hydrogen-bond donors (Lipinski definition) is 2. The Kier molecular flexibility index (Phi) is 7.46. The predicted molar refractivity (Wildman–Crippen MR) is 129 cm³/mol. The summed E-state index contributed by atoms with van der Waals surface area (Å²) in [5.41, 5.74) is 6.33. The van der Waals surface area contributed by atoms with Gasteiger partial charge >= 0.3 is 0 Å². The summed E-state index contributed by atoms with van der Waals surface area (Å²) in [6.45, 7) is 1.35. The molecule has 3 N–H and O–H groups in total. The molecule has 0 aliphatic carbocycles. The van der Waals surface area contributed by atoms with Crippen LogP contribution in [0.5, 0.6) is 0 Å². The van der Waals surface area contributed by atoms with E-state index in [-0.39, 0.29) is 11.1 Å². The highest BCUT2D eigenvalue weighted by Gasteiger charge is 2.44. The molecule has 1 aliphatic rings. The van der Waals surface area contributed by atoms with Crippen molar-refractivity contribution in [3.05, 3.63) is 95.3 Å². The van der Waals surface area contributed by atoms with Crippen LogP contribution in [0.2, 0.25) is 0 Å². The minimum atomic E-state index is -1.51. The normalized spacial score (nSPS) is 18.0. The molecule has 0 radical (unpaired) electrons. The molecular weight excluding hydrogens is 491 g/mol. The number of carbonyl (C=O) groups excluding carboxylic acids is 3. The number of amides is 3. The lowest BCUT2D eigenvalue weighted by molar-refractivity contribution is -0.151. The number of imide groups is 1. The number of anilines is 1. The fourth-order valence-corrected chi connectivity index (χ4v) is 5.39. The monoisotopic (exact) mass is 513 g/mol. The predicted octanol–water partition coefficient (Wildman–Crippen LogP) is 4.20. The van der Waals surface area contributed by atoms with Gasteiger partial charge in [-0.15, -0.1) is 11.8 Å². The second-order valence-electron chi connectivity index (χ2n) is 8.34. The molecule has 1 aliphatic heterocycles. The largest absolute Gasteiger partial charge is 0.323 e. The maximum absolute atomic E-state index is 15.0. The highest BCUT2D eigenvalue weighted by Crippen LogP contribution is 2.46. The lowest BCUT2D eigenvalue weighted by atomic mass is 10.00. The number of benzene rings is 3. The van der Waals surface area contributed by atoms with Crippen molar-refractivity contribution in [3.63, 3.8) is 0 Å². The van der Waals surface area contributed by atoms with Gasteiger partial charge in [-0.1, -0.05) is 30.3 Å². The zero-order valence-electron chi connectivity index (χ0n) is 19.1. The lowest BCUT2D eigenvalue weighted by Crippen LogP contribution is -2.56. The highest BCUT2D eigenvalue weighted by atomic mass is 32.2. The van der Waals surface area contributed by atoms with Crippen molar-refractivity contribution >= 4 is 35.2 Å². The number of thioether (sulfide) groups is 1. The Morgan fingerprint density at radius 1 is 1.03 bits per heavy atom. The van der Waals surface area contributed by atoms with Crippen LogP contribution < -0.4 is 11.1 Å². The second kappa shape index (κ2) is 10.5. The summed E-state index contributed by atoms with van der Waals surface area (Å²) in [5, 5.41) is 1.68. The van der Waals surface area contributed by atoms with E-state index in [9.17, 15) is 23.2 Å². The Labute approximate surface area is 209 Å². The Balaban J connectivity index is 1.83. The number of nitrogens with two attached hydrogens (primary N) is 1. The van der Waals surface area contributed by atoms with E-state index in [1.165, 1.54) is 25.1 Å². The fraction of sp³-hybridized carbons (Fsp3) is 0.192. The van der Waals surface area contributed by atoms with Gasteiger partial charge in [0.15, 0.2) is 0 Å². The Morgan fingerprint density at radius 3 is 2.33 bits per heavy atom. The molecule has 36 heavy (non-hydrogen) atoms. The second-order valence-corrected chi connectivity index (χ2v) is 9.52. The van der Waals surface area contributed by atoms with E-state index < -0.39 is 58.9 Å². The molecule has 0 saturated heterocycles. The third kappa shape index (κ3) is 5.29. The van der Waals surface area contributed by atoms with Crippen molar-refractivity contribution < 1.29 is 27.6 Å². The summed E-state index contributed by atoms with van der Waals surface area (Å²) in [4.78, 5) is 41.6. The third-order valence-corrected chi connectivity index (χ3v) is 6.99.